The summed E-state index contributed by atoms with van der Waals surface area (Å²) in [6.07, 6.45) is 7.45. The van der Waals surface area contributed by atoms with Crippen LogP contribution in [0, 0.1) is 0 Å². The van der Waals surface area contributed by atoms with E-state index in [9.17, 15) is 0 Å². The van der Waals surface area contributed by atoms with Gasteiger partial charge in [-0.3, -0.25) is 9.97 Å². The third-order valence-corrected chi connectivity index (χ3v) is 7.83. The molecule has 0 spiro atoms. The fourth-order valence-electron chi connectivity index (χ4n) is 6.12. The molecule has 2 heterocycles. The number of fused-ring (bicyclic) bond motifs is 11. The fraction of sp³-hybridized carbons (Fsp3) is 0. The van der Waals surface area contributed by atoms with Gasteiger partial charge in [0.15, 0.2) is 0 Å². The van der Waals surface area contributed by atoms with Gasteiger partial charge in [-0.1, -0.05) is 72.8 Å². The van der Waals surface area contributed by atoms with Gasteiger partial charge in [0.2, 0.25) is 0 Å². The van der Waals surface area contributed by atoms with Gasteiger partial charge < -0.3 is 0 Å². The molecule has 2 aromatic heterocycles. The third-order valence-electron chi connectivity index (χ3n) is 7.83. The van der Waals surface area contributed by atoms with Crippen molar-refractivity contribution in [1.82, 2.24) is 9.97 Å². The Labute approximate surface area is 219 Å². The smallest absolute Gasteiger partial charge is 0.0273 e. The monoisotopic (exact) mass is 482 g/mol. The molecule has 0 amide bonds. The molecule has 2 heteroatoms. The zero-order valence-corrected chi connectivity index (χ0v) is 20.6. The van der Waals surface area contributed by atoms with Gasteiger partial charge in [0.05, 0.1) is 0 Å². The molecule has 0 N–H and O–H groups in total. The molecular weight excluding hydrogens is 460 g/mol. The summed E-state index contributed by atoms with van der Waals surface area (Å²) in [4.78, 5) is 8.46. The highest BCUT2D eigenvalue weighted by Crippen LogP contribution is 2.45. The first-order chi connectivity index (χ1) is 18.9. The predicted molar refractivity (Wildman–Crippen MR) is 160 cm³/mol. The molecule has 6 aromatic carbocycles. The highest BCUT2D eigenvalue weighted by Gasteiger charge is 2.17. The van der Waals surface area contributed by atoms with Gasteiger partial charge in [0.25, 0.3) is 0 Å². The van der Waals surface area contributed by atoms with Crippen LogP contribution in [-0.2, 0) is 0 Å². The number of nitrogens with zero attached hydrogens (tertiary/aromatic N) is 2. The number of hydrogen-bond donors (Lipinski definition) is 0. The van der Waals surface area contributed by atoms with Crippen molar-refractivity contribution < 1.29 is 0 Å². The summed E-state index contributed by atoms with van der Waals surface area (Å²) < 4.78 is 0. The first-order valence-corrected chi connectivity index (χ1v) is 12.9. The molecule has 0 radical (unpaired) electrons. The van der Waals surface area contributed by atoms with Crippen LogP contribution < -0.4 is 0 Å². The van der Waals surface area contributed by atoms with Crippen LogP contribution in [0.1, 0.15) is 0 Å². The fourth-order valence-corrected chi connectivity index (χ4v) is 6.12. The third kappa shape index (κ3) is 3.07. The maximum absolute atomic E-state index is 4.23. The van der Waals surface area contributed by atoms with Gasteiger partial charge in [-0.2, -0.15) is 0 Å². The van der Waals surface area contributed by atoms with Crippen LogP contribution in [0.3, 0.4) is 0 Å². The minimum absolute atomic E-state index is 1.17. The van der Waals surface area contributed by atoms with Gasteiger partial charge >= 0.3 is 0 Å². The summed E-state index contributed by atoms with van der Waals surface area (Å²) in [5.41, 5.74) is 4.75. The minimum atomic E-state index is 1.17. The summed E-state index contributed by atoms with van der Waals surface area (Å²) in [6, 6.07) is 39.8. The zero-order chi connectivity index (χ0) is 25.1. The minimum Gasteiger partial charge on any atom is -0.265 e. The van der Waals surface area contributed by atoms with Crippen molar-refractivity contribution in [3.8, 4) is 22.3 Å². The molecule has 0 unspecified atom stereocenters. The van der Waals surface area contributed by atoms with E-state index < -0.39 is 0 Å². The first kappa shape index (κ1) is 21.0. The van der Waals surface area contributed by atoms with E-state index in [1.54, 1.807) is 0 Å². The van der Waals surface area contributed by atoms with Gasteiger partial charge in [0.1, 0.15) is 0 Å². The van der Waals surface area contributed by atoms with Gasteiger partial charge in [-0.05, 0) is 113 Å². The highest BCUT2D eigenvalue weighted by atomic mass is 14.6. The molecule has 38 heavy (non-hydrogen) atoms. The molecule has 176 valence electrons. The van der Waals surface area contributed by atoms with E-state index >= 15 is 0 Å². The van der Waals surface area contributed by atoms with Crippen molar-refractivity contribution in [3.05, 3.63) is 134 Å². The number of hydrogen-bond acceptors (Lipinski definition) is 2. The molecular formula is C36H22N2. The number of rotatable bonds is 2. The Morgan fingerprint density at radius 1 is 0.289 bits per heavy atom. The predicted octanol–water partition coefficient (Wildman–Crippen LogP) is 9.58. The standard InChI is InChI=1S/C36H22N2/c1-3-7-31-27(5-1)29-11-9-25(23-13-17-37-18-14-23)21-33(29)36-32-8-4-2-6-28(32)30-12-10-26(22-34(30)35(31)36)24-15-19-38-20-16-24/h1-22H. The molecule has 8 rings (SSSR count). The molecule has 0 aliphatic carbocycles. The average Bonchev–Trinajstić information content (AvgIpc) is 3.01. The Kier molecular flexibility index (Phi) is 4.55. The second-order valence-electron chi connectivity index (χ2n) is 9.83. The zero-order valence-electron chi connectivity index (χ0n) is 20.6. The Balaban J connectivity index is 1.63. The van der Waals surface area contributed by atoms with Gasteiger partial charge in [-0.25, -0.2) is 0 Å². The normalized spacial score (nSPS) is 11.7. The van der Waals surface area contributed by atoms with E-state index in [-0.39, 0.29) is 0 Å². The van der Waals surface area contributed by atoms with E-state index in [1.165, 1.54) is 76.1 Å². The summed E-state index contributed by atoms with van der Waals surface area (Å²) in [5, 5.41) is 12.9. The highest BCUT2D eigenvalue weighted by molar-refractivity contribution is 6.39. The Morgan fingerprint density at radius 2 is 0.658 bits per heavy atom. The maximum atomic E-state index is 4.23. The largest absolute Gasteiger partial charge is 0.265 e. The van der Waals surface area contributed by atoms with Gasteiger partial charge in [-0.15, -0.1) is 0 Å². The summed E-state index contributed by atoms with van der Waals surface area (Å²) in [7, 11) is 0. The molecule has 0 fully saturated rings. The number of pyridine rings is 2. The van der Waals surface area contributed by atoms with E-state index in [0.717, 1.165) is 0 Å². The lowest BCUT2D eigenvalue weighted by Gasteiger charge is -2.18. The molecule has 0 saturated carbocycles. The van der Waals surface area contributed by atoms with Crippen LogP contribution in [0.2, 0.25) is 0 Å². The van der Waals surface area contributed by atoms with E-state index in [4.69, 9.17) is 0 Å². The van der Waals surface area contributed by atoms with Crippen LogP contribution in [-0.4, -0.2) is 9.97 Å². The molecule has 0 bridgehead atoms. The Bertz CT molecular complexity index is 2010. The van der Waals surface area contributed by atoms with E-state index in [0.29, 0.717) is 0 Å². The lowest BCUT2D eigenvalue weighted by atomic mass is 9.85. The van der Waals surface area contributed by atoms with Crippen molar-refractivity contribution in [2.24, 2.45) is 0 Å². The van der Waals surface area contributed by atoms with Crippen LogP contribution in [0.15, 0.2) is 134 Å². The van der Waals surface area contributed by atoms with Crippen molar-refractivity contribution in [2.45, 2.75) is 0 Å². The topological polar surface area (TPSA) is 25.8 Å². The molecule has 0 aliphatic rings. The van der Waals surface area contributed by atoms with Crippen LogP contribution >= 0.6 is 0 Å². The Morgan fingerprint density at radius 3 is 1.08 bits per heavy atom. The van der Waals surface area contributed by atoms with Crippen molar-refractivity contribution in [3.63, 3.8) is 0 Å². The van der Waals surface area contributed by atoms with Gasteiger partial charge in [0, 0.05) is 24.8 Å². The molecule has 0 aliphatic heterocycles. The van der Waals surface area contributed by atoms with Crippen molar-refractivity contribution in [2.75, 3.05) is 0 Å². The number of benzene rings is 6. The molecule has 2 nitrogen and oxygen atoms in total. The lowest BCUT2D eigenvalue weighted by Crippen LogP contribution is -1.90. The average molecular weight is 483 g/mol. The van der Waals surface area contributed by atoms with Crippen LogP contribution in [0.4, 0.5) is 0 Å². The van der Waals surface area contributed by atoms with Crippen molar-refractivity contribution in [1.29, 1.82) is 0 Å². The summed E-state index contributed by atoms with van der Waals surface area (Å²) >= 11 is 0. The quantitative estimate of drug-likeness (QED) is 0.229. The molecule has 0 atom stereocenters. The number of aromatic nitrogens is 2. The lowest BCUT2D eigenvalue weighted by molar-refractivity contribution is 1.33. The Hall–Kier alpha value is -5.08. The van der Waals surface area contributed by atoms with Crippen molar-refractivity contribution >= 4 is 53.9 Å². The summed E-state index contributed by atoms with van der Waals surface area (Å²) in [5.74, 6) is 0. The van der Waals surface area contributed by atoms with Crippen LogP contribution in [0.25, 0.3) is 76.1 Å². The SMILES string of the molecule is c1ccc2c(c1)c1ccc(-c3ccncc3)cc1c1c3ccccc3c3ccc(-c4ccncc4)cc3c21. The molecule has 8 aromatic rings. The van der Waals surface area contributed by atoms with Crippen LogP contribution in [0.5, 0.6) is 0 Å². The second-order valence-corrected chi connectivity index (χ2v) is 9.83. The first-order valence-electron chi connectivity index (χ1n) is 12.9. The second kappa shape index (κ2) is 8.22. The van der Waals surface area contributed by atoms with E-state index in [1.807, 2.05) is 24.8 Å². The molecule has 0 saturated heterocycles. The maximum Gasteiger partial charge on any atom is 0.0273 e. The summed E-state index contributed by atoms with van der Waals surface area (Å²) in [6.45, 7) is 0. The van der Waals surface area contributed by atoms with E-state index in [2.05, 4.69) is 119 Å².